The van der Waals surface area contributed by atoms with Crippen LogP contribution in [0.5, 0.6) is 0 Å². The lowest BCUT2D eigenvalue weighted by molar-refractivity contribution is 0.627. The second kappa shape index (κ2) is 5.95. The molecule has 0 amide bonds. The predicted molar refractivity (Wildman–Crippen MR) is 88.2 cm³/mol. The number of hydrogen-bond donors (Lipinski definition) is 0. The van der Waals surface area contributed by atoms with Crippen LogP contribution in [0.1, 0.15) is 5.82 Å². The average Bonchev–Trinajstić information content (AvgIpc) is 2.80. The SMILES string of the molecule is Fc1ccc(-n2c(CCCl)nc3ccc(Br)cc32)cc1Cl. The number of nitrogens with zero attached hydrogens (tertiary/aromatic N) is 2. The minimum Gasteiger partial charge on any atom is -0.296 e. The van der Waals surface area contributed by atoms with Gasteiger partial charge in [0.2, 0.25) is 0 Å². The molecule has 2 aromatic carbocycles. The van der Waals surface area contributed by atoms with Crippen LogP contribution in [-0.2, 0) is 6.42 Å². The van der Waals surface area contributed by atoms with E-state index in [4.69, 9.17) is 23.2 Å². The van der Waals surface area contributed by atoms with Crippen molar-refractivity contribution in [1.29, 1.82) is 0 Å². The van der Waals surface area contributed by atoms with Crippen LogP contribution in [0.15, 0.2) is 40.9 Å². The number of hydrogen-bond acceptors (Lipinski definition) is 1. The van der Waals surface area contributed by atoms with Crippen molar-refractivity contribution < 1.29 is 4.39 Å². The maximum atomic E-state index is 13.4. The van der Waals surface area contributed by atoms with Crippen LogP contribution in [0.4, 0.5) is 4.39 Å². The van der Waals surface area contributed by atoms with E-state index in [-0.39, 0.29) is 5.02 Å². The Balaban J connectivity index is 2.29. The van der Waals surface area contributed by atoms with E-state index in [1.807, 2.05) is 22.8 Å². The molecular weight excluding hydrogens is 378 g/mol. The summed E-state index contributed by atoms with van der Waals surface area (Å²) >= 11 is 15.2. The van der Waals surface area contributed by atoms with Gasteiger partial charge in [0.1, 0.15) is 11.6 Å². The maximum Gasteiger partial charge on any atom is 0.141 e. The van der Waals surface area contributed by atoms with Crippen LogP contribution in [-0.4, -0.2) is 15.4 Å². The molecule has 108 valence electrons. The van der Waals surface area contributed by atoms with Crippen LogP contribution in [0, 0.1) is 5.82 Å². The molecular formula is C15H10BrCl2FN2. The van der Waals surface area contributed by atoms with Gasteiger partial charge in [-0.15, -0.1) is 11.6 Å². The number of rotatable bonds is 3. The molecule has 0 aliphatic carbocycles. The quantitative estimate of drug-likeness (QED) is 0.553. The highest BCUT2D eigenvalue weighted by Gasteiger charge is 2.13. The molecule has 3 rings (SSSR count). The van der Waals surface area contributed by atoms with E-state index >= 15 is 0 Å². The van der Waals surface area contributed by atoms with Crippen LogP contribution in [0.3, 0.4) is 0 Å². The van der Waals surface area contributed by atoms with E-state index < -0.39 is 5.82 Å². The summed E-state index contributed by atoms with van der Waals surface area (Å²) in [5.74, 6) is 0.838. The lowest BCUT2D eigenvalue weighted by Crippen LogP contribution is -2.02. The summed E-state index contributed by atoms with van der Waals surface area (Å²) < 4.78 is 16.3. The molecule has 0 N–H and O–H groups in total. The summed E-state index contributed by atoms with van der Waals surface area (Å²) in [6.45, 7) is 0. The lowest BCUT2D eigenvalue weighted by Gasteiger charge is -2.09. The summed E-state index contributed by atoms with van der Waals surface area (Å²) in [5, 5.41) is 0.0844. The lowest BCUT2D eigenvalue weighted by atomic mass is 10.2. The fraction of sp³-hybridized carbons (Fsp3) is 0.133. The standard InChI is InChI=1S/C15H10BrCl2FN2/c16-9-1-4-13-14(7-9)21(15(20-13)5-6-17)10-2-3-12(19)11(18)8-10/h1-4,7-8H,5-6H2. The molecule has 0 bridgehead atoms. The summed E-state index contributed by atoms with van der Waals surface area (Å²) in [6.07, 6.45) is 0.614. The Labute approximate surface area is 139 Å². The summed E-state index contributed by atoms with van der Waals surface area (Å²) in [7, 11) is 0. The first-order valence-electron chi connectivity index (χ1n) is 6.28. The van der Waals surface area contributed by atoms with E-state index in [1.165, 1.54) is 6.07 Å². The van der Waals surface area contributed by atoms with Crippen LogP contribution >= 0.6 is 39.1 Å². The zero-order valence-corrected chi connectivity index (χ0v) is 13.9. The largest absolute Gasteiger partial charge is 0.296 e. The molecule has 0 aliphatic rings. The monoisotopic (exact) mass is 386 g/mol. The number of benzene rings is 2. The zero-order valence-electron chi connectivity index (χ0n) is 10.8. The third-order valence-electron chi connectivity index (χ3n) is 3.17. The number of imidazole rings is 1. The van der Waals surface area contributed by atoms with Gasteiger partial charge < -0.3 is 0 Å². The van der Waals surface area contributed by atoms with Crippen LogP contribution in [0.25, 0.3) is 16.7 Å². The molecule has 0 spiro atoms. The first kappa shape index (κ1) is 14.8. The van der Waals surface area contributed by atoms with Gasteiger partial charge in [-0.1, -0.05) is 27.5 Å². The molecule has 2 nitrogen and oxygen atoms in total. The number of aryl methyl sites for hydroxylation is 1. The highest BCUT2D eigenvalue weighted by molar-refractivity contribution is 9.10. The van der Waals surface area contributed by atoms with Crippen molar-refractivity contribution >= 4 is 50.2 Å². The third kappa shape index (κ3) is 2.80. The molecule has 0 saturated heterocycles. The van der Waals surface area contributed by atoms with E-state index in [0.29, 0.717) is 12.3 Å². The highest BCUT2D eigenvalue weighted by atomic mass is 79.9. The van der Waals surface area contributed by atoms with Gasteiger partial charge in [-0.3, -0.25) is 4.57 Å². The molecule has 3 aromatic rings. The summed E-state index contributed by atoms with van der Waals surface area (Å²) in [6, 6.07) is 10.5. The zero-order chi connectivity index (χ0) is 15.0. The van der Waals surface area contributed by atoms with Crippen molar-refractivity contribution in [2.45, 2.75) is 6.42 Å². The molecule has 1 aromatic heterocycles. The van der Waals surface area contributed by atoms with Crippen molar-refractivity contribution in [3.05, 3.63) is 57.5 Å². The van der Waals surface area contributed by atoms with Gasteiger partial charge >= 0.3 is 0 Å². The summed E-state index contributed by atoms with van der Waals surface area (Å²) in [5.41, 5.74) is 2.55. The Morgan fingerprint density at radius 2 is 2.00 bits per heavy atom. The van der Waals surface area contributed by atoms with Gasteiger partial charge in [0.05, 0.1) is 16.1 Å². The van der Waals surface area contributed by atoms with E-state index in [9.17, 15) is 4.39 Å². The Bertz CT molecular complexity index is 817. The number of halogens is 4. The summed E-state index contributed by atoms with van der Waals surface area (Å²) in [4.78, 5) is 4.59. The first-order chi connectivity index (χ1) is 10.1. The van der Waals surface area contributed by atoms with Crippen molar-refractivity contribution in [1.82, 2.24) is 9.55 Å². The van der Waals surface area contributed by atoms with Gasteiger partial charge in [0.25, 0.3) is 0 Å². The second-order valence-electron chi connectivity index (χ2n) is 4.53. The number of alkyl halides is 1. The molecule has 0 atom stereocenters. The van der Waals surface area contributed by atoms with Crippen LogP contribution in [0.2, 0.25) is 5.02 Å². The molecule has 0 fully saturated rings. The van der Waals surface area contributed by atoms with Crippen molar-refractivity contribution in [3.8, 4) is 5.69 Å². The molecule has 0 aliphatic heterocycles. The highest BCUT2D eigenvalue weighted by Crippen LogP contribution is 2.27. The topological polar surface area (TPSA) is 17.8 Å². The fourth-order valence-electron chi connectivity index (χ4n) is 2.26. The second-order valence-corrected chi connectivity index (χ2v) is 6.23. The third-order valence-corrected chi connectivity index (χ3v) is 4.14. The van der Waals surface area contributed by atoms with Gasteiger partial charge in [-0.2, -0.15) is 0 Å². The number of fused-ring (bicyclic) bond motifs is 1. The van der Waals surface area contributed by atoms with Crippen molar-refractivity contribution in [2.24, 2.45) is 0 Å². The molecule has 6 heteroatoms. The Morgan fingerprint density at radius 1 is 1.19 bits per heavy atom. The minimum absolute atomic E-state index is 0.0844. The molecule has 0 unspecified atom stereocenters. The Kier molecular flexibility index (Phi) is 4.20. The van der Waals surface area contributed by atoms with Crippen LogP contribution < -0.4 is 0 Å². The predicted octanol–water partition coefficient (Wildman–Crippen LogP) is 5.36. The Morgan fingerprint density at radius 3 is 2.71 bits per heavy atom. The Hall–Kier alpha value is -1.10. The van der Waals surface area contributed by atoms with E-state index in [0.717, 1.165) is 27.0 Å². The van der Waals surface area contributed by atoms with E-state index in [1.54, 1.807) is 12.1 Å². The smallest absolute Gasteiger partial charge is 0.141 e. The maximum absolute atomic E-state index is 13.4. The average molecular weight is 388 g/mol. The minimum atomic E-state index is -0.440. The molecule has 0 radical (unpaired) electrons. The van der Waals surface area contributed by atoms with E-state index in [2.05, 4.69) is 20.9 Å². The first-order valence-corrected chi connectivity index (χ1v) is 7.99. The normalized spacial score (nSPS) is 11.2. The number of aromatic nitrogens is 2. The van der Waals surface area contributed by atoms with Gasteiger partial charge in [0, 0.05) is 22.5 Å². The molecule has 21 heavy (non-hydrogen) atoms. The molecule has 1 heterocycles. The fourth-order valence-corrected chi connectivity index (χ4v) is 2.96. The van der Waals surface area contributed by atoms with Gasteiger partial charge in [-0.25, -0.2) is 9.37 Å². The van der Waals surface area contributed by atoms with Crippen molar-refractivity contribution in [2.75, 3.05) is 5.88 Å². The van der Waals surface area contributed by atoms with Crippen molar-refractivity contribution in [3.63, 3.8) is 0 Å². The van der Waals surface area contributed by atoms with Gasteiger partial charge in [0.15, 0.2) is 0 Å². The molecule has 0 saturated carbocycles. The van der Waals surface area contributed by atoms with Gasteiger partial charge in [-0.05, 0) is 36.4 Å².